The van der Waals surface area contributed by atoms with Crippen LogP contribution in [0.25, 0.3) is 11.1 Å². The maximum Gasteiger partial charge on any atom is 0.420 e. The Balaban J connectivity index is 1.14. The van der Waals surface area contributed by atoms with Crippen LogP contribution in [0.1, 0.15) is 50.1 Å². The van der Waals surface area contributed by atoms with E-state index >= 15 is 0 Å². The number of rotatable bonds is 5. The summed E-state index contributed by atoms with van der Waals surface area (Å²) in [5.74, 6) is 0.894. The number of hydrogen-bond donors (Lipinski definition) is 0. The van der Waals surface area contributed by atoms with Crippen molar-refractivity contribution >= 4 is 22.9 Å². The van der Waals surface area contributed by atoms with E-state index in [1.54, 1.807) is 17.7 Å². The molecule has 4 aliphatic rings. The molecular formula is C26H31N3O5. The quantitative estimate of drug-likeness (QED) is 0.498. The molecule has 0 bridgehead atoms. The Labute approximate surface area is 198 Å². The number of allylic oxidation sites excluding steroid dienone is 1. The van der Waals surface area contributed by atoms with E-state index in [1.165, 1.54) is 12.8 Å². The lowest BCUT2D eigenvalue weighted by atomic mass is 9.71. The molecule has 1 amide bonds. The van der Waals surface area contributed by atoms with Gasteiger partial charge in [0, 0.05) is 36.2 Å². The van der Waals surface area contributed by atoms with Crippen molar-refractivity contribution in [3.63, 3.8) is 0 Å². The fourth-order valence-electron chi connectivity index (χ4n) is 5.77. The molecule has 0 N–H and O–H groups in total. The summed E-state index contributed by atoms with van der Waals surface area (Å²) in [5, 5.41) is 0. The maximum atomic E-state index is 12.8. The highest BCUT2D eigenvalue weighted by atomic mass is 16.5. The summed E-state index contributed by atoms with van der Waals surface area (Å²) < 4.78 is 17.9. The monoisotopic (exact) mass is 465 g/mol. The maximum absolute atomic E-state index is 12.8. The van der Waals surface area contributed by atoms with Crippen molar-refractivity contribution in [2.24, 2.45) is 22.2 Å². The Kier molecular flexibility index (Phi) is 5.17. The lowest BCUT2D eigenvalue weighted by Gasteiger charge is -2.40. The van der Waals surface area contributed by atoms with Crippen LogP contribution in [0.4, 0.5) is 0 Å². The third-order valence-electron chi connectivity index (χ3n) is 8.23. The Morgan fingerprint density at radius 1 is 1.18 bits per heavy atom. The molecule has 6 rings (SSSR count). The van der Waals surface area contributed by atoms with Crippen molar-refractivity contribution in [1.82, 2.24) is 9.47 Å². The Morgan fingerprint density at radius 3 is 2.53 bits per heavy atom. The predicted octanol–water partition coefficient (Wildman–Crippen LogP) is 3.50. The molecule has 2 aliphatic carbocycles. The number of hydrogen-bond acceptors (Lipinski definition) is 6. The highest BCUT2D eigenvalue weighted by molar-refractivity contribution is 5.97. The topological polar surface area (TPSA) is 86.3 Å². The van der Waals surface area contributed by atoms with E-state index in [1.807, 2.05) is 17.0 Å². The first kappa shape index (κ1) is 21.6. The molecule has 2 saturated heterocycles. The molecule has 8 heteroatoms. The second-order valence-corrected chi connectivity index (χ2v) is 10.4. The zero-order chi connectivity index (χ0) is 23.4. The van der Waals surface area contributed by atoms with Gasteiger partial charge in [-0.1, -0.05) is 6.58 Å². The van der Waals surface area contributed by atoms with Crippen LogP contribution in [0.15, 0.2) is 44.7 Å². The molecule has 0 atom stereocenters. The van der Waals surface area contributed by atoms with E-state index in [0.29, 0.717) is 41.5 Å². The number of ether oxygens (including phenoxy) is 2. The second-order valence-electron chi connectivity index (χ2n) is 10.4. The summed E-state index contributed by atoms with van der Waals surface area (Å²) in [6, 6.07) is 5.48. The third-order valence-corrected chi connectivity index (χ3v) is 8.23. The number of methoxy groups -OCH3 is 1. The van der Waals surface area contributed by atoms with Crippen LogP contribution in [0.5, 0.6) is 0 Å². The number of carbonyl (C=O) groups is 1. The first-order valence-corrected chi connectivity index (χ1v) is 12.3. The van der Waals surface area contributed by atoms with Gasteiger partial charge in [-0.3, -0.25) is 9.36 Å². The number of carbonyl (C=O) groups excluding carboxylic acids is 1. The van der Waals surface area contributed by atoms with Gasteiger partial charge in [-0.25, -0.2) is 9.79 Å². The normalized spacial score (nSPS) is 23.1. The van der Waals surface area contributed by atoms with Gasteiger partial charge in [-0.05, 0) is 62.1 Å². The summed E-state index contributed by atoms with van der Waals surface area (Å²) in [6.45, 7) is 6.76. The van der Waals surface area contributed by atoms with Crippen LogP contribution in [0.3, 0.4) is 0 Å². The minimum Gasteiger partial charge on any atom is -0.481 e. The van der Waals surface area contributed by atoms with Crippen LogP contribution < -0.4 is 5.76 Å². The van der Waals surface area contributed by atoms with Crippen LogP contribution in [0.2, 0.25) is 0 Å². The lowest BCUT2D eigenvalue weighted by molar-refractivity contribution is -0.142. The van der Waals surface area contributed by atoms with Gasteiger partial charge in [0.15, 0.2) is 5.58 Å². The number of piperidine rings is 1. The van der Waals surface area contributed by atoms with Crippen molar-refractivity contribution in [3.8, 4) is 0 Å². The molecule has 34 heavy (non-hydrogen) atoms. The number of likely N-dealkylation sites (tertiary alicyclic amines) is 1. The standard InChI is InChI=1S/C26H31N3O5/c1-16(17-5-9-28(10-6-17)24(30)19-12-26(13-19)7-8-26)27-23(32-2)18-3-4-22-21(11-18)29(25(31)34-22)20-14-33-15-20/h3-4,11,17,19-20H,1,5-10,12-15H2,2H3. The average Bonchev–Trinajstić information content (AvgIpc) is 3.54. The van der Waals surface area contributed by atoms with Gasteiger partial charge >= 0.3 is 5.76 Å². The van der Waals surface area contributed by atoms with Gasteiger partial charge in [-0.2, -0.15) is 0 Å². The molecule has 4 fully saturated rings. The number of fused-ring (bicyclic) bond motifs is 1. The van der Waals surface area contributed by atoms with E-state index < -0.39 is 0 Å². The number of amides is 1. The van der Waals surface area contributed by atoms with E-state index in [4.69, 9.17) is 18.9 Å². The lowest BCUT2D eigenvalue weighted by Crippen LogP contribution is -2.46. The highest BCUT2D eigenvalue weighted by Gasteiger charge is 2.55. The summed E-state index contributed by atoms with van der Waals surface area (Å²) in [6.07, 6.45) is 6.57. The molecule has 2 aliphatic heterocycles. The van der Waals surface area contributed by atoms with E-state index in [-0.39, 0.29) is 23.6 Å². The molecule has 8 nitrogen and oxygen atoms in total. The first-order chi connectivity index (χ1) is 16.5. The molecule has 1 aromatic carbocycles. The van der Waals surface area contributed by atoms with Crippen LogP contribution >= 0.6 is 0 Å². The largest absolute Gasteiger partial charge is 0.481 e. The minimum absolute atomic E-state index is 0.00969. The Bertz CT molecular complexity index is 1220. The Morgan fingerprint density at radius 2 is 1.91 bits per heavy atom. The van der Waals surface area contributed by atoms with E-state index in [0.717, 1.165) is 50.0 Å². The smallest absolute Gasteiger partial charge is 0.420 e. The number of benzene rings is 1. The molecule has 0 unspecified atom stereocenters. The summed E-state index contributed by atoms with van der Waals surface area (Å²) in [4.78, 5) is 31.9. The SMILES string of the molecule is C=C(N=C(OC)c1ccc2oc(=O)n(C3COC3)c2c1)C1CCN(C(=O)C2CC3(CC3)C2)CC1. The van der Waals surface area contributed by atoms with E-state index in [2.05, 4.69) is 6.58 Å². The number of nitrogens with zero attached hydrogens (tertiary/aromatic N) is 3. The van der Waals surface area contributed by atoms with Gasteiger partial charge < -0.3 is 18.8 Å². The van der Waals surface area contributed by atoms with Crippen LogP contribution in [0, 0.1) is 17.3 Å². The van der Waals surface area contributed by atoms with Crippen molar-refractivity contribution in [1.29, 1.82) is 0 Å². The fraction of sp³-hybridized carbons (Fsp3) is 0.577. The predicted molar refractivity (Wildman–Crippen MR) is 127 cm³/mol. The van der Waals surface area contributed by atoms with Crippen molar-refractivity contribution in [3.05, 3.63) is 46.6 Å². The highest BCUT2D eigenvalue weighted by Crippen LogP contribution is 2.63. The number of aliphatic imine (C=N–C) groups is 1. The van der Waals surface area contributed by atoms with Gasteiger partial charge in [-0.15, -0.1) is 0 Å². The van der Waals surface area contributed by atoms with Crippen molar-refractivity contribution in [2.45, 2.75) is 44.6 Å². The molecule has 1 spiro atoms. The summed E-state index contributed by atoms with van der Waals surface area (Å²) in [7, 11) is 1.59. The van der Waals surface area contributed by atoms with Gasteiger partial charge in [0.25, 0.3) is 0 Å². The van der Waals surface area contributed by atoms with Gasteiger partial charge in [0.1, 0.15) is 0 Å². The number of aromatic nitrogens is 1. The van der Waals surface area contributed by atoms with Crippen LogP contribution in [-0.4, -0.2) is 54.7 Å². The first-order valence-electron chi connectivity index (χ1n) is 12.3. The zero-order valence-corrected chi connectivity index (χ0v) is 19.6. The van der Waals surface area contributed by atoms with Crippen molar-refractivity contribution in [2.75, 3.05) is 33.4 Å². The summed E-state index contributed by atoms with van der Waals surface area (Å²) >= 11 is 0. The van der Waals surface area contributed by atoms with E-state index in [9.17, 15) is 9.59 Å². The van der Waals surface area contributed by atoms with Gasteiger partial charge in [0.05, 0.1) is 31.9 Å². The molecule has 2 saturated carbocycles. The third kappa shape index (κ3) is 3.68. The van der Waals surface area contributed by atoms with Gasteiger partial charge in [0.2, 0.25) is 11.8 Å². The summed E-state index contributed by atoms with van der Waals surface area (Å²) in [5.41, 5.74) is 3.32. The van der Waals surface area contributed by atoms with Crippen molar-refractivity contribution < 1.29 is 18.7 Å². The molecule has 3 heterocycles. The molecule has 2 aromatic rings. The van der Waals surface area contributed by atoms with Crippen LogP contribution in [-0.2, 0) is 14.3 Å². The average molecular weight is 466 g/mol. The number of oxazole rings is 1. The molecule has 0 radical (unpaired) electrons. The fourth-order valence-corrected chi connectivity index (χ4v) is 5.77. The Hall–Kier alpha value is -2.87. The zero-order valence-electron chi connectivity index (χ0n) is 19.6. The molecular weight excluding hydrogens is 434 g/mol. The molecule has 180 valence electrons. The molecule has 1 aromatic heterocycles. The second kappa shape index (κ2) is 8.12. The minimum atomic E-state index is -0.378.